The van der Waals surface area contributed by atoms with Gasteiger partial charge in [0.25, 0.3) is 0 Å². The summed E-state index contributed by atoms with van der Waals surface area (Å²) in [7, 11) is 0. The van der Waals surface area contributed by atoms with Crippen LogP contribution in [0.1, 0.15) is 15.8 Å². The number of furan rings is 1. The molecule has 1 unspecified atom stereocenters. The first-order chi connectivity index (χ1) is 6.27. The van der Waals surface area contributed by atoms with Crippen LogP contribution in [0.5, 0.6) is 0 Å². The maximum absolute atomic E-state index is 6.22. The van der Waals surface area contributed by atoms with Crippen LogP contribution in [-0.4, -0.2) is 0 Å². The molecule has 2 heterocycles. The second kappa shape index (κ2) is 3.86. The molecule has 1 nitrogen and oxygen atoms in total. The first-order valence-corrected chi connectivity index (χ1v) is 5.73. The van der Waals surface area contributed by atoms with E-state index in [1.54, 1.807) is 23.9 Å². The molecule has 0 saturated carbocycles. The van der Waals surface area contributed by atoms with E-state index in [1.807, 2.05) is 18.2 Å². The average molecular weight is 278 g/mol. The van der Waals surface area contributed by atoms with E-state index < -0.39 is 0 Å². The number of hydrogen-bond donors (Lipinski definition) is 0. The Balaban J connectivity index is 2.28. The van der Waals surface area contributed by atoms with Crippen LogP contribution in [0.15, 0.2) is 38.9 Å². The van der Waals surface area contributed by atoms with Crippen LogP contribution in [0.2, 0.25) is 0 Å². The van der Waals surface area contributed by atoms with Crippen molar-refractivity contribution < 1.29 is 4.42 Å². The monoisotopic (exact) mass is 276 g/mol. The smallest absolute Gasteiger partial charge is 0.0958 e. The molecule has 2 rings (SSSR count). The molecule has 68 valence electrons. The molecule has 13 heavy (non-hydrogen) atoms. The first-order valence-electron chi connectivity index (χ1n) is 3.69. The van der Waals surface area contributed by atoms with Crippen molar-refractivity contribution in [2.45, 2.75) is 5.38 Å². The lowest BCUT2D eigenvalue weighted by molar-refractivity contribution is 0.564. The molecule has 0 fully saturated rings. The Hall–Kier alpha value is -0.250. The summed E-state index contributed by atoms with van der Waals surface area (Å²) in [5, 5.41) is -0.102. The quantitative estimate of drug-likeness (QED) is 0.740. The highest BCUT2D eigenvalue weighted by Crippen LogP contribution is 2.35. The molecule has 0 spiro atoms. The summed E-state index contributed by atoms with van der Waals surface area (Å²) in [6.45, 7) is 0. The Morgan fingerprint density at radius 2 is 2.23 bits per heavy atom. The van der Waals surface area contributed by atoms with E-state index in [9.17, 15) is 0 Å². The van der Waals surface area contributed by atoms with E-state index in [4.69, 9.17) is 16.0 Å². The van der Waals surface area contributed by atoms with Crippen LogP contribution in [0, 0.1) is 0 Å². The summed E-state index contributed by atoms with van der Waals surface area (Å²) >= 11 is 11.3. The predicted octanol–water partition coefficient (Wildman–Crippen LogP) is 4.43. The molecule has 4 heteroatoms. The van der Waals surface area contributed by atoms with Gasteiger partial charge in [-0.25, -0.2) is 0 Å². The van der Waals surface area contributed by atoms with Gasteiger partial charge in [-0.3, -0.25) is 0 Å². The van der Waals surface area contributed by atoms with Gasteiger partial charge in [-0.05, 0) is 34.1 Å². The number of hydrogen-bond acceptors (Lipinski definition) is 2. The zero-order valence-electron chi connectivity index (χ0n) is 6.54. The fourth-order valence-corrected chi connectivity index (χ4v) is 2.81. The van der Waals surface area contributed by atoms with Gasteiger partial charge in [0.15, 0.2) is 0 Å². The average Bonchev–Trinajstić information content (AvgIpc) is 2.72. The standard InChI is InChI=1S/C9H6BrClOS/c10-8-2-1-7(13-8)9(11)6-3-4-12-5-6/h1-5,9H. The van der Waals surface area contributed by atoms with Gasteiger partial charge >= 0.3 is 0 Å². The SMILES string of the molecule is ClC(c1ccoc1)c1ccc(Br)s1. The lowest BCUT2D eigenvalue weighted by atomic mass is 10.2. The molecule has 0 aliphatic carbocycles. The van der Waals surface area contributed by atoms with Crippen molar-refractivity contribution in [1.29, 1.82) is 0 Å². The van der Waals surface area contributed by atoms with Gasteiger partial charge in [-0.1, -0.05) is 0 Å². The fourth-order valence-electron chi connectivity index (χ4n) is 1.05. The third kappa shape index (κ3) is 1.98. The van der Waals surface area contributed by atoms with E-state index in [-0.39, 0.29) is 5.38 Å². The molecule has 0 aliphatic rings. The Morgan fingerprint density at radius 3 is 2.77 bits per heavy atom. The summed E-state index contributed by atoms with van der Waals surface area (Å²) in [5.41, 5.74) is 0.996. The largest absolute Gasteiger partial charge is 0.472 e. The zero-order chi connectivity index (χ0) is 9.26. The van der Waals surface area contributed by atoms with Gasteiger partial charge in [0, 0.05) is 10.4 Å². The van der Waals surface area contributed by atoms with Gasteiger partial charge in [0.2, 0.25) is 0 Å². The molecule has 0 saturated heterocycles. The van der Waals surface area contributed by atoms with E-state index in [0.717, 1.165) is 14.2 Å². The Bertz CT molecular complexity index is 382. The Labute approximate surface area is 93.5 Å². The van der Waals surface area contributed by atoms with Gasteiger partial charge in [-0.2, -0.15) is 0 Å². The second-order valence-electron chi connectivity index (χ2n) is 2.56. The van der Waals surface area contributed by atoms with Crippen molar-refractivity contribution in [3.05, 3.63) is 45.0 Å². The van der Waals surface area contributed by atoms with Crippen LogP contribution in [0.25, 0.3) is 0 Å². The maximum atomic E-state index is 6.22. The predicted molar refractivity (Wildman–Crippen MR) is 58.4 cm³/mol. The molecule has 2 aromatic rings. The summed E-state index contributed by atoms with van der Waals surface area (Å²) < 4.78 is 6.07. The van der Waals surface area contributed by atoms with Crippen molar-refractivity contribution in [3.63, 3.8) is 0 Å². The lowest BCUT2D eigenvalue weighted by Gasteiger charge is -2.01. The van der Waals surface area contributed by atoms with Gasteiger partial charge in [0.05, 0.1) is 21.7 Å². The molecule has 0 aliphatic heterocycles. The Morgan fingerprint density at radius 1 is 1.38 bits per heavy atom. The molecule has 0 N–H and O–H groups in total. The summed E-state index contributed by atoms with van der Waals surface area (Å²) in [4.78, 5) is 1.12. The van der Waals surface area contributed by atoms with Crippen LogP contribution in [0.4, 0.5) is 0 Å². The topological polar surface area (TPSA) is 13.1 Å². The van der Waals surface area contributed by atoms with E-state index in [0.29, 0.717) is 0 Å². The van der Waals surface area contributed by atoms with Crippen molar-refractivity contribution >= 4 is 38.9 Å². The minimum absolute atomic E-state index is 0.102. The molecule has 1 atom stereocenters. The Kier molecular flexibility index (Phi) is 2.77. The third-order valence-corrected chi connectivity index (χ3v) is 3.98. The number of thiophene rings is 1. The minimum atomic E-state index is -0.102. The minimum Gasteiger partial charge on any atom is -0.472 e. The normalized spacial score (nSPS) is 13.1. The number of alkyl halides is 1. The highest BCUT2D eigenvalue weighted by atomic mass is 79.9. The number of halogens is 2. The molecule has 2 aromatic heterocycles. The summed E-state index contributed by atoms with van der Waals surface area (Å²) in [6.07, 6.45) is 3.30. The van der Waals surface area contributed by atoms with Crippen LogP contribution in [0.3, 0.4) is 0 Å². The first kappa shape index (κ1) is 9.31. The third-order valence-electron chi connectivity index (χ3n) is 1.68. The van der Waals surface area contributed by atoms with E-state index in [2.05, 4.69) is 15.9 Å². The van der Waals surface area contributed by atoms with Gasteiger partial charge in [0.1, 0.15) is 0 Å². The van der Waals surface area contributed by atoms with Crippen molar-refractivity contribution in [2.24, 2.45) is 0 Å². The highest BCUT2D eigenvalue weighted by Gasteiger charge is 2.13. The summed E-state index contributed by atoms with van der Waals surface area (Å²) in [5.74, 6) is 0. The highest BCUT2D eigenvalue weighted by molar-refractivity contribution is 9.11. The molecule has 0 bridgehead atoms. The lowest BCUT2D eigenvalue weighted by Crippen LogP contribution is -1.85. The fraction of sp³-hybridized carbons (Fsp3) is 0.111. The number of rotatable bonds is 2. The van der Waals surface area contributed by atoms with Crippen molar-refractivity contribution in [3.8, 4) is 0 Å². The molecular weight excluding hydrogens is 272 g/mol. The van der Waals surface area contributed by atoms with Crippen molar-refractivity contribution in [2.75, 3.05) is 0 Å². The van der Waals surface area contributed by atoms with Crippen LogP contribution >= 0.6 is 38.9 Å². The van der Waals surface area contributed by atoms with Crippen molar-refractivity contribution in [1.82, 2.24) is 0 Å². The van der Waals surface area contributed by atoms with Crippen LogP contribution in [-0.2, 0) is 0 Å². The second-order valence-corrected chi connectivity index (χ2v) is 5.49. The molecule has 0 aromatic carbocycles. The molecule has 0 radical (unpaired) electrons. The molecular formula is C9H6BrClOS. The van der Waals surface area contributed by atoms with Crippen LogP contribution < -0.4 is 0 Å². The maximum Gasteiger partial charge on any atom is 0.0958 e. The molecule has 0 amide bonds. The summed E-state index contributed by atoms with van der Waals surface area (Å²) in [6, 6.07) is 5.89. The van der Waals surface area contributed by atoms with Gasteiger partial charge in [-0.15, -0.1) is 22.9 Å². The van der Waals surface area contributed by atoms with E-state index >= 15 is 0 Å². The van der Waals surface area contributed by atoms with E-state index in [1.165, 1.54) is 0 Å². The van der Waals surface area contributed by atoms with Gasteiger partial charge < -0.3 is 4.42 Å². The zero-order valence-corrected chi connectivity index (χ0v) is 9.69.